The number of benzene rings is 1. The third-order valence-corrected chi connectivity index (χ3v) is 6.91. The minimum Gasteiger partial charge on any atom is -0.354 e. The molecule has 1 fully saturated rings. The number of rotatable bonds is 8. The van der Waals surface area contributed by atoms with Crippen LogP contribution in [0.5, 0.6) is 0 Å². The van der Waals surface area contributed by atoms with Crippen molar-refractivity contribution in [2.75, 3.05) is 29.4 Å². The van der Waals surface area contributed by atoms with E-state index in [9.17, 15) is 13.2 Å². The van der Waals surface area contributed by atoms with Gasteiger partial charge in [0.2, 0.25) is 15.9 Å². The van der Waals surface area contributed by atoms with Crippen molar-refractivity contribution < 1.29 is 13.2 Å². The zero-order chi connectivity index (χ0) is 18.3. The molecule has 0 unspecified atom stereocenters. The molecule has 2 rings (SSSR count). The van der Waals surface area contributed by atoms with Gasteiger partial charge in [0.05, 0.1) is 11.9 Å². The first-order chi connectivity index (χ1) is 11.9. The Hall–Kier alpha value is -0.920. The van der Waals surface area contributed by atoms with E-state index in [-0.39, 0.29) is 12.5 Å². The highest BCUT2D eigenvalue weighted by Crippen LogP contribution is 2.27. The topological polar surface area (TPSA) is 66.5 Å². The van der Waals surface area contributed by atoms with Crippen LogP contribution in [0.3, 0.4) is 0 Å². The van der Waals surface area contributed by atoms with Gasteiger partial charge in [-0.05, 0) is 37.1 Å². The lowest BCUT2D eigenvalue weighted by molar-refractivity contribution is -0.119. The van der Waals surface area contributed by atoms with Crippen LogP contribution in [0.15, 0.2) is 24.3 Å². The van der Waals surface area contributed by atoms with E-state index >= 15 is 0 Å². The van der Waals surface area contributed by atoms with E-state index in [1.54, 1.807) is 24.3 Å². The van der Waals surface area contributed by atoms with Gasteiger partial charge in [-0.3, -0.25) is 9.10 Å². The summed E-state index contributed by atoms with van der Waals surface area (Å²) in [6.07, 6.45) is 7.55. The van der Waals surface area contributed by atoms with Crippen molar-refractivity contribution in [2.45, 2.75) is 37.4 Å². The van der Waals surface area contributed by atoms with E-state index in [0.29, 0.717) is 22.5 Å². The van der Waals surface area contributed by atoms with Crippen molar-refractivity contribution in [3.63, 3.8) is 0 Å². The molecule has 1 aliphatic carbocycles. The Balaban J connectivity index is 1.82. The lowest BCUT2D eigenvalue weighted by Gasteiger charge is -2.22. The van der Waals surface area contributed by atoms with E-state index in [0.717, 1.165) is 16.3 Å². The van der Waals surface area contributed by atoms with Gasteiger partial charge in [-0.25, -0.2) is 8.42 Å². The lowest BCUT2D eigenvalue weighted by atomic mass is 10.0. The summed E-state index contributed by atoms with van der Waals surface area (Å²) in [6.45, 7) is 0.326. The zero-order valence-electron chi connectivity index (χ0n) is 14.4. The Labute approximate surface area is 159 Å². The summed E-state index contributed by atoms with van der Waals surface area (Å²) in [5, 5.41) is 4.03. The molecule has 25 heavy (non-hydrogen) atoms. The summed E-state index contributed by atoms with van der Waals surface area (Å²) in [6, 6.07) is 6.40. The molecule has 1 aliphatic rings. The molecule has 0 bridgehead atoms. The number of hydrogen-bond donors (Lipinski definition) is 1. The van der Waals surface area contributed by atoms with Crippen molar-refractivity contribution in [1.82, 2.24) is 5.32 Å². The second kappa shape index (κ2) is 9.69. The molecule has 1 saturated carbocycles. The number of nitrogens with zero attached hydrogens (tertiary/aromatic N) is 1. The third kappa shape index (κ3) is 7.07. The minimum atomic E-state index is -3.55. The fourth-order valence-corrected chi connectivity index (χ4v) is 5.04. The van der Waals surface area contributed by atoms with Crippen LogP contribution in [0.2, 0.25) is 5.02 Å². The van der Waals surface area contributed by atoms with Crippen LogP contribution < -0.4 is 9.62 Å². The average molecular weight is 405 g/mol. The van der Waals surface area contributed by atoms with E-state index in [1.165, 1.54) is 32.1 Å². The predicted octanol–water partition coefficient (Wildman–Crippen LogP) is 3.29. The number of hydrogen-bond acceptors (Lipinski definition) is 4. The number of halogens is 1. The van der Waals surface area contributed by atoms with Crippen LogP contribution in [-0.4, -0.2) is 44.7 Å². The van der Waals surface area contributed by atoms with Gasteiger partial charge in [0.25, 0.3) is 0 Å². The standard InChI is InChI=1S/C17H25ClN2O3S2/c1-25(22,23)20(15-9-7-14(18)8-10-15)13-17(21)19-11-12-24-16-5-3-2-4-6-16/h7-10,16H,2-6,11-13H2,1H3,(H,19,21). The summed E-state index contributed by atoms with van der Waals surface area (Å²) >= 11 is 7.74. The second-order valence-corrected chi connectivity index (χ2v) is 9.98. The van der Waals surface area contributed by atoms with E-state index < -0.39 is 10.0 Å². The molecular weight excluding hydrogens is 380 g/mol. The quantitative estimate of drug-likeness (QED) is 0.675. The normalized spacial score (nSPS) is 15.8. The fourth-order valence-electron chi connectivity index (χ4n) is 2.84. The van der Waals surface area contributed by atoms with Crippen molar-refractivity contribution in [2.24, 2.45) is 0 Å². The summed E-state index contributed by atoms with van der Waals surface area (Å²) in [4.78, 5) is 12.1. The maximum Gasteiger partial charge on any atom is 0.240 e. The van der Waals surface area contributed by atoms with Crippen LogP contribution in [0.1, 0.15) is 32.1 Å². The smallest absolute Gasteiger partial charge is 0.240 e. The molecule has 140 valence electrons. The van der Waals surface area contributed by atoms with Gasteiger partial charge in [0.1, 0.15) is 6.54 Å². The Morgan fingerprint density at radius 2 is 1.88 bits per heavy atom. The lowest BCUT2D eigenvalue weighted by Crippen LogP contribution is -2.41. The first kappa shape index (κ1) is 20.4. The Morgan fingerprint density at radius 3 is 2.48 bits per heavy atom. The highest BCUT2D eigenvalue weighted by Gasteiger charge is 2.20. The van der Waals surface area contributed by atoms with Crippen LogP contribution in [-0.2, 0) is 14.8 Å². The van der Waals surface area contributed by atoms with E-state index in [2.05, 4.69) is 5.32 Å². The summed E-state index contributed by atoms with van der Waals surface area (Å²) in [5.74, 6) is 0.556. The van der Waals surface area contributed by atoms with Gasteiger partial charge in [-0.2, -0.15) is 11.8 Å². The maximum absolute atomic E-state index is 12.1. The summed E-state index contributed by atoms with van der Waals surface area (Å²) in [7, 11) is -3.55. The van der Waals surface area contributed by atoms with Gasteiger partial charge in [0.15, 0.2) is 0 Å². The second-order valence-electron chi connectivity index (χ2n) is 6.23. The average Bonchev–Trinajstić information content (AvgIpc) is 2.57. The molecule has 1 aromatic carbocycles. The van der Waals surface area contributed by atoms with Crippen LogP contribution in [0.4, 0.5) is 5.69 Å². The van der Waals surface area contributed by atoms with Gasteiger partial charge in [-0.1, -0.05) is 30.9 Å². The molecule has 1 amide bonds. The highest BCUT2D eigenvalue weighted by molar-refractivity contribution is 7.99. The summed E-state index contributed by atoms with van der Waals surface area (Å²) < 4.78 is 25.1. The van der Waals surface area contributed by atoms with Gasteiger partial charge < -0.3 is 5.32 Å². The number of thioether (sulfide) groups is 1. The Morgan fingerprint density at radius 1 is 1.24 bits per heavy atom. The molecule has 0 aliphatic heterocycles. The molecule has 0 aromatic heterocycles. The molecule has 0 radical (unpaired) electrons. The van der Waals surface area contributed by atoms with Gasteiger partial charge in [-0.15, -0.1) is 0 Å². The molecule has 0 atom stereocenters. The zero-order valence-corrected chi connectivity index (χ0v) is 16.8. The van der Waals surface area contributed by atoms with E-state index in [4.69, 9.17) is 11.6 Å². The molecule has 8 heteroatoms. The van der Waals surface area contributed by atoms with Crippen molar-refractivity contribution >= 4 is 45.0 Å². The predicted molar refractivity (Wildman–Crippen MR) is 106 cm³/mol. The van der Waals surface area contributed by atoms with Crippen LogP contribution in [0, 0.1) is 0 Å². The molecule has 0 saturated heterocycles. The number of carbonyl (C=O) groups is 1. The number of carbonyl (C=O) groups excluding carboxylic acids is 1. The van der Waals surface area contributed by atoms with Gasteiger partial charge in [0, 0.05) is 22.6 Å². The fraction of sp³-hybridized carbons (Fsp3) is 0.588. The maximum atomic E-state index is 12.1. The molecule has 0 spiro atoms. The molecule has 1 N–H and O–H groups in total. The molecule has 5 nitrogen and oxygen atoms in total. The third-order valence-electron chi connectivity index (χ3n) is 4.13. The molecular formula is C17H25ClN2O3S2. The Kier molecular flexibility index (Phi) is 7.90. The molecule has 0 heterocycles. The first-order valence-corrected chi connectivity index (χ1v) is 11.8. The minimum absolute atomic E-state index is 0.228. The highest BCUT2D eigenvalue weighted by atomic mass is 35.5. The van der Waals surface area contributed by atoms with Crippen molar-refractivity contribution in [3.05, 3.63) is 29.3 Å². The van der Waals surface area contributed by atoms with Crippen LogP contribution >= 0.6 is 23.4 Å². The summed E-state index contributed by atoms with van der Waals surface area (Å²) in [5.41, 5.74) is 0.429. The van der Waals surface area contributed by atoms with Crippen molar-refractivity contribution in [3.8, 4) is 0 Å². The van der Waals surface area contributed by atoms with Crippen molar-refractivity contribution in [1.29, 1.82) is 0 Å². The number of amides is 1. The first-order valence-electron chi connectivity index (χ1n) is 8.48. The number of nitrogens with one attached hydrogen (secondary N) is 1. The SMILES string of the molecule is CS(=O)(=O)N(CC(=O)NCCSC1CCCCC1)c1ccc(Cl)cc1. The molecule has 1 aromatic rings. The number of sulfonamides is 1. The van der Waals surface area contributed by atoms with Gasteiger partial charge >= 0.3 is 0 Å². The van der Waals surface area contributed by atoms with Crippen LogP contribution in [0.25, 0.3) is 0 Å². The monoisotopic (exact) mass is 404 g/mol. The van der Waals surface area contributed by atoms with E-state index in [1.807, 2.05) is 11.8 Å². The Bertz CT molecular complexity index is 659. The largest absolute Gasteiger partial charge is 0.354 e. The number of anilines is 1.